The standard InChI is InChI=1S/C12H17F3N2O3S/c1-20-8-7-16-5-6-17-21(18,19)11-4-2-3-10(9-11)12(13,14)15/h2-4,9,16-17H,5-8H2,1H3. The monoisotopic (exact) mass is 326 g/mol. The molecule has 0 radical (unpaired) electrons. The van der Waals surface area contributed by atoms with Crippen LogP contribution >= 0.6 is 0 Å². The summed E-state index contributed by atoms with van der Waals surface area (Å²) in [5, 5.41) is 2.91. The zero-order valence-electron chi connectivity index (χ0n) is 11.4. The van der Waals surface area contributed by atoms with Crippen molar-refractivity contribution in [3.63, 3.8) is 0 Å². The van der Waals surface area contributed by atoms with E-state index in [1.165, 1.54) is 7.11 Å². The molecule has 5 nitrogen and oxygen atoms in total. The van der Waals surface area contributed by atoms with Gasteiger partial charge in [0.25, 0.3) is 0 Å². The van der Waals surface area contributed by atoms with Crippen LogP contribution in [0, 0.1) is 0 Å². The predicted octanol–water partition coefficient (Wildman–Crippen LogP) is 1.22. The molecule has 9 heteroatoms. The maximum Gasteiger partial charge on any atom is 0.416 e. The Balaban J connectivity index is 2.62. The summed E-state index contributed by atoms with van der Waals surface area (Å²) in [4.78, 5) is -0.408. The molecule has 1 aromatic rings. The molecule has 0 saturated heterocycles. The van der Waals surface area contributed by atoms with Gasteiger partial charge in [-0.05, 0) is 18.2 Å². The number of alkyl halides is 3. The van der Waals surface area contributed by atoms with E-state index in [1.54, 1.807) is 0 Å². The highest BCUT2D eigenvalue weighted by atomic mass is 32.2. The number of halogens is 3. The SMILES string of the molecule is COCCNCCNS(=O)(=O)c1cccc(C(F)(F)F)c1. The molecule has 0 aliphatic heterocycles. The third kappa shape index (κ3) is 6.00. The Kier molecular flexibility index (Phi) is 6.59. The van der Waals surface area contributed by atoms with Crippen LogP contribution in [0.2, 0.25) is 0 Å². The fraction of sp³-hybridized carbons (Fsp3) is 0.500. The molecule has 1 aromatic carbocycles. The lowest BCUT2D eigenvalue weighted by Crippen LogP contribution is -2.33. The molecule has 0 aromatic heterocycles. The highest BCUT2D eigenvalue weighted by Gasteiger charge is 2.31. The number of hydrogen-bond donors (Lipinski definition) is 2. The van der Waals surface area contributed by atoms with Crippen molar-refractivity contribution in [3.05, 3.63) is 29.8 Å². The average Bonchev–Trinajstić information content (AvgIpc) is 2.42. The lowest BCUT2D eigenvalue weighted by molar-refractivity contribution is -0.137. The second-order valence-electron chi connectivity index (χ2n) is 4.17. The Morgan fingerprint density at radius 3 is 2.52 bits per heavy atom. The zero-order valence-corrected chi connectivity index (χ0v) is 12.2. The van der Waals surface area contributed by atoms with Gasteiger partial charge in [-0.2, -0.15) is 13.2 Å². The van der Waals surface area contributed by atoms with Crippen molar-refractivity contribution < 1.29 is 26.3 Å². The van der Waals surface area contributed by atoms with Crippen molar-refractivity contribution in [2.75, 3.05) is 33.4 Å². The number of methoxy groups -OCH3 is 1. The van der Waals surface area contributed by atoms with E-state index in [9.17, 15) is 21.6 Å². The van der Waals surface area contributed by atoms with Crippen molar-refractivity contribution in [3.8, 4) is 0 Å². The molecular weight excluding hydrogens is 309 g/mol. The number of sulfonamides is 1. The molecule has 0 atom stereocenters. The fourth-order valence-corrected chi connectivity index (χ4v) is 2.57. The van der Waals surface area contributed by atoms with Crippen LogP contribution in [-0.4, -0.2) is 41.8 Å². The Morgan fingerprint density at radius 1 is 1.19 bits per heavy atom. The summed E-state index contributed by atoms with van der Waals surface area (Å²) in [5.41, 5.74) is -0.997. The molecule has 0 spiro atoms. The topological polar surface area (TPSA) is 67.4 Å². The molecule has 0 saturated carbocycles. The van der Waals surface area contributed by atoms with Gasteiger partial charge in [0, 0.05) is 26.7 Å². The van der Waals surface area contributed by atoms with Gasteiger partial charge in [-0.1, -0.05) is 6.07 Å². The molecule has 0 aliphatic carbocycles. The average molecular weight is 326 g/mol. The third-order valence-corrected chi connectivity index (χ3v) is 4.01. The molecular formula is C12H17F3N2O3S. The van der Waals surface area contributed by atoms with Crippen molar-refractivity contribution in [1.29, 1.82) is 0 Å². The summed E-state index contributed by atoms with van der Waals surface area (Å²) in [5.74, 6) is 0. The number of benzene rings is 1. The second kappa shape index (κ2) is 7.74. The van der Waals surface area contributed by atoms with Gasteiger partial charge in [0.15, 0.2) is 0 Å². The molecule has 21 heavy (non-hydrogen) atoms. The summed E-state index contributed by atoms with van der Waals surface area (Å²) in [7, 11) is -2.42. The van der Waals surface area contributed by atoms with Gasteiger partial charge in [0.1, 0.15) is 0 Å². The maximum absolute atomic E-state index is 12.5. The Morgan fingerprint density at radius 2 is 1.90 bits per heavy atom. The molecule has 0 bridgehead atoms. The highest BCUT2D eigenvalue weighted by Crippen LogP contribution is 2.30. The van der Waals surface area contributed by atoms with Crippen LogP contribution in [0.3, 0.4) is 0 Å². The highest BCUT2D eigenvalue weighted by molar-refractivity contribution is 7.89. The number of ether oxygens (including phenoxy) is 1. The van der Waals surface area contributed by atoms with Gasteiger partial charge in [-0.3, -0.25) is 0 Å². The van der Waals surface area contributed by atoms with Crippen molar-refractivity contribution >= 4 is 10.0 Å². The minimum Gasteiger partial charge on any atom is -0.383 e. The number of nitrogens with one attached hydrogen (secondary N) is 2. The molecule has 0 aliphatic rings. The van der Waals surface area contributed by atoms with Crippen LogP contribution in [0.1, 0.15) is 5.56 Å². The first-order valence-corrected chi connectivity index (χ1v) is 7.62. The van der Waals surface area contributed by atoms with Gasteiger partial charge >= 0.3 is 6.18 Å². The van der Waals surface area contributed by atoms with E-state index in [1.807, 2.05) is 0 Å². The fourth-order valence-electron chi connectivity index (χ4n) is 1.50. The van der Waals surface area contributed by atoms with E-state index >= 15 is 0 Å². The lowest BCUT2D eigenvalue weighted by atomic mass is 10.2. The largest absolute Gasteiger partial charge is 0.416 e. The third-order valence-electron chi connectivity index (χ3n) is 2.55. The Hall–Kier alpha value is -1.16. The van der Waals surface area contributed by atoms with Gasteiger partial charge in [-0.25, -0.2) is 13.1 Å². The molecule has 0 unspecified atom stereocenters. The second-order valence-corrected chi connectivity index (χ2v) is 5.93. The molecule has 2 N–H and O–H groups in total. The van der Waals surface area contributed by atoms with Crippen LogP contribution in [-0.2, 0) is 20.9 Å². The minimum atomic E-state index is -4.58. The Labute approximate surface area is 121 Å². The molecule has 1 rings (SSSR count). The summed E-state index contributed by atoms with van der Waals surface area (Å²) in [6.07, 6.45) is -4.58. The van der Waals surface area contributed by atoms with E-state index in [4.69, 9.17) is 4.74 Å². The van der Waals surface area contributed by atoms with Crippen LogP contribution < -0.4 is 10.0 Å². The smallest absolute Gasteiger partial charge is 0.383 e. The van der Waals surface area contributed by atoms with Gasteiger partial charge < -0.3 is 10.1 Å². The van der Waals surface area contributed by atoms with Gasteiger partial charge in [-0.15, -0.1) is 0 Å². The van der Waals surface area contributed by atoms with E-state index in [2.05, 4.69) is 10.0 Å². The van der Waals surface area contributed by atoms with Crippen molar-refractivity contribution in [2.24, 2.45) is 0 Å². The predicted molar refractivity (Wildman–Crippen MR) is 71.4 cm³/mol. The lowest BCUT2D eigenvalue weighted by Gasteiger charge is -2.10. The van der Waals surface area contributed by atoms with Crippen LogP contribution in [0.5, 0.6) is 0 Å². The number of rotatable bonds is 8. The first-order valence-electron chi connectivity index (χ1n) is 6.14. The van der Waals surface area contributed by atoms with E-state index in [0.717, 1.165) is 18.2 Å². The summed E-state index contributed by atoms with van der Waals surface area (Å²) < 4.78 is 68.4. The minimum absolute atomic E-state index is 0.0717. The van der Waals surface area contributed by atoms with E-state index in [0.29, 0.717) is 25.8 Å². The quantitative estimate of drug-likeness (QED) is 0.705. The summed E-state index contributed by atoms with van der Waals surface area (Å²) >= 11 is 0. The molecule has 120 valence electrons. The molecule has 0 fully saturated rings. The van der Waals surface area contributed by atoms with E-state index < -0.39 is 26.7 Å². The summed E-state index contributed by atoms with van der Waals surface area (Å²) in [6.45, 7) is 1.46. The van der Waals surface area contributed by atoms with Crippen LogP contribution in [0.15, 0.2) is 29.2 Å². The van der Waals surface area contributed by atoms with Gasteiger partial charge in [0.05, 0.1) is 17.1 Å². The first kappa shape index (κ1) is 17.9. The molecule has 0 amide bonds. The molecule has 0 heterocycles. The van der Waals surface area contributed by atoms with E-state index in [-0.39, 0.29) is 6.54 Å². The van der Waals surface area contributed by atoms with Crippen molar-refractivity contribution in [2.45, 2.75) is 11.1 Å². The maximum atomic E-state index is 12.5. The van der Waals surface area contributed by atoms with Crippen LogP contribution in [0.25, 0.3) is 0 Å². The summed E-state index contributed by atoms with van der Waals surface area (Å²) in [6, 6.07) is 3.62. The van der Waals surface area contributed by atoms with Crippen LogP contribution in [0.4, 0.5) is 13.2 Å². The van der Waals surface area contributed by atoms with Gasteiger partial charge in [0.2, 0.25) is 10.0 Å². The normalized spacial score (nSPS) is 12.6. The Bertz CT molecular complexity index is 547. The first-order chi connectivity index (χ1) is 9.77. The number of hydrogen-bond acceptors (Lipinski definition) is 4. The van der Waals surface area contributed by atoms with Crippen molar-refractivity contribution in [1.82, 2.24) is 10.0 Å². The zero-order chi connectivity index (χ0) is 15.9.